The lowest BCUT2D eigenvalue weighted by molar-refractivity contribution is 0.00756. The highest BCUT2D eigenvalue weighted by molar-refractivity contribution is 5.00. The Kier molecular flexibility index (Phi) is 5.50. The zero-order chi connectivity index (χ0) is 12.8. The van der Waals surface area contributed by atoms with Crippen molar-refractivity contribution in [3.8, 4) is 0 Å². The van der Waals surface area contributed by atoms with E-state index < -0.39 is 0 Å². The van der Waals surface area contributed by atoms with E-state index in [9.17, 15) is 0 Å². The van der Waals surface area contributed by atoms with Crippen LogP contribution in [0.2, 0.25) is 0 Å². The van der Waals surface area contributed by atoms with Crippen molar-refractivity contribution in [1.82, 2.24) is 10.2 Å². The first kappa shape index (κ1) is 14.3. The van der Waals surface area contributed by atoms with Gasteiger partial charge in [-0.1, -0.05) is 46.0 Å². The second-order valence-electron chi connectivity index (χ2n) is 6.45. The Hall–Kier alpha value is -0.0800. The van der Waals surface area contributed by atoms with Crippen LogP contribution in [-0.4, -0.2) is 36.1 Å². The molecule has 1 unspecified atom stereocenters. The van der Waals surface area contributed by atoms with Gasteiger partial charge >= 0.3 is 0 Å². The van der Waals surface area contributed by atoms with Crippen molar-refractivity contribution in [1.29, 1.82) is 0 Å². The van der Waals surface area contributed by atoms with Gasteiger partial charge in [0, 0.05) is 24.7 Å². The van der Waals surface area contributed by atoms with E-state index in [-0.39, 0.29) is 0 Å². The summed E-state index contributed by atoms with van der Waals surface area (Å²) < 4.78 is 0. The van der Waals surface area contributed by atoms with Crippen molar-refractivity contribution in [3.63, 3.8) is 0 Å². The van der Waals surface area contributed by atoms with E-state index in [0.29, 0.717) is 5.54 Å². The smallest absolute Gasteiger partial charge is 0.0334 e. The summed E-state index contributed by atoms with van der Waals surface area (Å²) in [6.07, 6.45) is 12.6. The van der Waals surface area contributed by atoms with Gasteiger partial charge in [-0.2, -0.15) is 0 Å². The number of piperazine rings is 1. The lowest BCUT2D eigenvalue weighted by Crippen LogP contribution is -2.65. The van der Waals surface area contributed by atoms with Gasteiger partial charge in [0.15, 0.2) is 0 Å². The molecule has 0 bridgehead atoms. The van der Waals surface area contributed by atoms with Crippen LogP contribution in [0.25, 0.3) is 0 Å². The number of unbranched alkanes of at least 4 members (excludes halogenated alkanes) is 1. The maximum absolute atomic E-state index is 3.85. The normalized spacial score (nSPS) is 28.7. The van der Waals surface area contributed by atoms with Crippen molar-refractivity contribution >= 4 is 0 Å². The minimum absolute atomic E-state index is 0.525. The Morgan fingerprint density at radius 1 is 1.11 bits per heavy atom. The van der Waals surface area contributed by atoms with Crippen LogP contribution in [0.3, 0.4) is 0 Å². The fourth-order valence-electron chi connectivity index (χ4n) is 3.89. The Morgan fingerprint density at radius 2 is 1.89 bits per heavy atom. The molecule has 0 aromatic carbocycles. The molecule has 1 N–H and O–H groups in total. The average Bonchev–Trinajstić information content (AvgIpc) is 2.41. The van der Waals surface area contributed by atoms with Gasteiger partial charge in [0.2, 0.25) is 0 Å². The SMILES string of the molecule is CCCCN1CC(CCC)NCC12CCCCC2. The van der Waals surface area contributed by atoms with Gasteiger partial charge in [0.1, 0.15) is 0 Å². The molecule has 1 aliphatic carbocycles. The second-order valence-corrected chi connectivity index (χ2v) is 6.45. The molecule has 2 rings (SSSR count). The fraction of sp³-hybridized carbons (Fsp3) is 1.00. The Bertz CT molecular complexity index is 233. The van der Waals surface area contributed by atoms with Crippen LogP contribution in [0.4, 0.5) is 0 Å². The monoisotopic (exact) mass is 252 g/mol. The molecule has 2 fully saturated rings. The van der Waals surface area contributed by atoms with Crippen LogP contribution < -0.4 is 5.32 Å². The van der Waals surface area contributed by atoms with Crippen LogP contribution in [0.1, 0.15) is 71.6 Å². The second kappa shape index (κ2) is 6.91. The predicted molar refractivity (Wildman–Crippen MR) is 79.0 cm³/mol. The largest absolute Gasteiger partial charge is 0.311 e. The van der Waals surface area contributed by atoms with E-state index >= 15 is 0 Å². The number of rotatable bonds is 5. The summed E-state index contributed by atoms with van der Waals surface area (Å²) in [5, 5.41) is 3.85. The average molecular weight is 252 g/mol. The zero-order valence-electron chi connectivity index (χ0n) is 12.5. The summed E-state index contributed by atoms with van der Waals surface area (Å²) >= 11 is 0. The molecule has 1 atom stereocenters. The molecule has 106 valence electrons. The third-order valence-corrected chi connectivity index (χ3v) is 5.03. The summed E-state index contributed by atoms with van der Waals surface area (Å²) in [5.74, 6) is 0. The molecule has 0 aromatic rings. The summed E-state index contributed by atoms with van der Waals surface area (Å²) in [7, 11) is 0. The van der Waals surface area contributed by atoms with Gasteiger partial charge in [-0.3, -0.25) is 4.90 Å². The first-order chi connectivity index (χ1) is 8.80. The minimum Gasteiger partial charge on any atom is -0.311 e. The topological polar surface area (TPSA) is 15.3 Å². The molecule has 2 aliphatic rings. The van der Waals surface area contributed by atoms with E-state index in [1.807, 2.05) is 0 Å². The van der Waals surface area contributed by atoms with Crippen LogP contribution in [0.5, 0.6) is 0 Å². The first-order valence-corrected chi connectivity index (χ1v) is 8.29. The van der Waals surface area contributed by atoms with Gasteiger partial charge in [-0.15, -0.1) is 0 Å². The summed E-state index contributed by atoms with van der Waals surface area (Å²) in [6.45, 7) is 8.51. The highest BCUT2D eigenvalue weighted by Crippen LogP contribution is 2.35. The summed E-state index contributed by atoms with van der Waals surface area (Å²) in [6, 6.07) is 0.749. The van der Waals surface area contributed by atoms with Crippen LogP contribution in [0.15, 0.2) is 0 Å². The minimum atomic E-state index is 0.525. The molecule has 0 radical (unpaired) electrons. The molecule has 0 amide bonds. The van der Waals surface area contributed by atoms with Gasteiger partial charge in [0.25, 0.3) is 0 Å². The zero-order valence-corrected chi connectivity index (χ0v) is 12.5. The molecule has 1 spiro atoms. The number of hydrogen-bond acceptors (Lipinski definition) is 2. The standard InChI is InChI=1S/C16H32N2/c1-3-5-12-18-13-15(9-4-2)17-14-16(18)10-7-6-8-11-16/h15,17H,3-14H2,1-2H3. The predicted octanol–water partition coefficient (Wildman–Crippen LogP) is 3.56. The molecule has 1 aliphatic heterocycles. The maximum atomic E-state index is 3.85. The summed E-state index contributed by atoms with van der Waals surface area (Å²) in [5.41, 5.74) is 0.525. The Morgan fingerprint density at radius 3 is 2.56 bits per heavy atom. The van der Waals surface area contributed by atoms with Gasteiger partial charge in [-0.05, 0) is 32.2 Å². The lowest BCUT2D eigenvalue weighted by Gasteiger charge is -2.52. The van der Waals surface area contributed by atoms with Crippen LogP contribution in [-0.2, 0) is 0 Å². The highest BCUT2D eigenvalue weighted by atomic mass is 15.3. The van der Waals surface area contributed by atoms with Crippen molar-refractivity contribution in [2.45, 2.75) is 83.2 Å². The third kappa shape index (κ3) is 3.27. The number of hydrogen-bond donors (Lipinski definition) is 1. The quantitative estimate of drug-likeness (QED) is 0.805. The van der Waals surface area contributed by atoms with Crippen molar-refractivity contribution in [2.24, 2.45) is 0 Å². The molecule has 1 heterocycles. The van der Waals surface area contributed by atoms with Crippen molar-refractivity contribution in [3.05, 3.63) is 0 Å². The first-order valence-electron chi connectivity index (χ1n) is 8.29. The summed E-state index contributed by atoms with van der Waals surface area (Å²) in [4.78, 5) is 2.87. The molecule has 2 heteroatoms. The fourth-order valence-corrected chi connectivity index (χ4v) is 3.89. The van der Waals surface area contributed by atoms with Crippen molar-refractivity contribution in [2.75, 3.05) is 19.6 Å². The molecule has 2 nitrogen and oxygen atoms in total. The third-order valence-electron chi connectivity index (χ3n) is 5.03. The maximum Gasteiger partial charge on any atom is 0.0334 e. The Balaban J connectivity index is 1.98. The van der Waals surface area contributed by atoms with E-state index in [1.165, 1.54) is 77.4 Å². The van der Waals surface area contributed by atoms with Gasteiger partial charge < -0.3 is 5.32 Å². The molecular weight excluding hydrogens is 220 g/mol. The van der Waals surface area contributed by atoms with E-state index in [1.54, 1.807) is 0 Å². The van der Waals surface area contributed by atoms with E-state index in [4.69, 9.17) is 0 Å². The lowest BCUT2D eigenvalue weighted by atomic mass is 9.78. The number of nitrogens with zero attached hydrogens (tertiary/aromatic N) is 1. The van der Waals surface area contributed by atoms with Crippen LogP contribution in [0, 0.1) is 0 Å². The van der Waals surface area contributed by atoms with Gasteiger partial charge in [-0.25, -0.2) is 0 Å². The molecular formula is C16H32N2. The van der Waals surface area contributed by atoms with Gasteiger partial charge in [0.05, 0.1) is 0 Å². The Labute approximate surface area is 114 Å². The van der Waals surface area contributed by atoms with Crippen LogP contribution >= 0.6 is 0 Å². The molecule has 1 saturated carbocycles. The van der Waals surface area contributed by atoms with Crippen molar-refractivity contribution < 1.29 is 0 Å². The van der Waals surface area contributed by atoms with E-state index in [2.05, 4.69) is 24.1 Å². The number of nitrogens with one attached hydrogen (secondary N) is 1. The molecule has 0 aromatic heterocycles. The molecule has 18 heavy (non-hydrogen) atoms. The highest BCUT2D eigenvalue weighted by Gasteiger charge is 2.41. The van der Waals surface area contributed by atoms with E-state index in [0.717, 1.165) is 6.04 Å². The molecule has 1 saturated heterocycles.